The molecule has 2 aliphatic rings. The number of hydrogen-bond donors (Lipinski definition) is 3. The first kappa shape index (κ1) is 27.6. The van der Waals surface area contributed by atoms with Gasteiger partial charge in [0, 0.05) is 41.5 Å². The number of hydrogen-bond acceptors (Lipinski definition) is 12. The van der Waals surface area contributed by atoms with Crippen LogP contribution in [0.1, 0.15) is 17.1 Å². The number of carboxylic acid groups (broad SMARTS) is 1. The van der Waals surface area contributed by atoms with Gasteiger partial charge in [0.05, 0.1) is 0 Å². The van der Waals surface area contributed by atoms with E-state index in [0.717, 1.165) is 22.8 Å². The van der Waals surface area contributed by atoms with Gasteiger partial charge in [0.25, 0.3) is 5.91 Å². The molecular formula is C23H25N7O5S3. The molecule has 4 rings (SSSR count). The molecule has 2 aromatic heterocycles. The topological polar surface area (TPSA) is 173 Å². The molecule has 0 radical (unpaired) electrons. The van der Waals surface area contributed by atoms with E-state index in [4.69, 9.17) is 10.6 Å². The lowest BCUT2D eigenvalue weighted by Crippen LogP contribution is -2.74. The second-order valence-electron chi connectivity index (χ2n) is 8.53. The van der Waals surface area contributed by atoms with Crippen molar-refractivity contribution >= 4 is 69.8 Å². The van der Waals surface area contributed by atoms with Crippen LogP contribution in [0, 0.1) is 12.3 Å². The summed E-state index contributed by atoms with van der Waals surface area (Å²) in [4.78, 5) is 52.9. The standard InChI is InChI=1S/C23H25N7O5S3/c1-3-7-35-28-15(17-27-22(24)38-29-17)18(31)26-16-19(32)30-10-23(21(33)34,12-37-20(16)30)11-36-8-6-14-5-4-13(2)25-9-14/h3-6,8-9,16,20H,1,7,10-12H2,2H3,(H,26,31)(H,33,34)(H2,24,27,29)/t16?,20-,23?/m1/s1. The first-order chi connectivity index (χ1) is 18.2. The Morgan fingerprint density at radius 1 is 1.47 bits per heavy atom. The van der Waals surface area contributed by atoms with Gasteiger partial charge in [0.1, 0.15) is 23.4 Å². The molecule has 2 amide bonds. The van der Waals surface area contributed by atoms with Crippen LogP contribution >= 0.6 is 35.1 Å². The number of nitrogens with zero attached hydrogens (tertiary/aromatic N) is 5. The number of thioether (sulfide) groups is 2. The van der Waals surface area contributed by atoms with Crippen molar-refractivity contribution in [3.05, 3.63) is 53.5 Å². The van der Waals surface area contributed by atoms with E-state index in [1.54, 1.807) is 6.20 Å². The van der Waals surface area contributed by atoms with Crippen LogP contribution < -0.4 is 11.1 Å². The van der Waals surface area contributed by atoms with Crippen molar-refractivity contribution in [2.45, 2.75) is 18.3 Å². The molecule has 0 aliphatic carbocycles. The molecule has 4 N–H and O–H groups in total. The van der Waals surface area contributed by atoms with Crippen LogP contribution in [-0.2, 0) is 19.2 Å². The van der Waals surface area contributed by atoms with E-state index in [0.29, 0.717) is 0 Å². The zero-order valence-electron chi connectivity index (χ0n) is 20.3. The van der Waals surface area contributed by atoms with Gasteiger partial charge in [-0.05, 0) is 30.0 Å². The molecule has 12 nitrogen and oxygen atoms in total. The fraction of sp³-hybridized carbons (Fsp3) is 0.348. The molecule has 2 aliphatic heterocycles. The molecule has 2 aromatic rings. The highest BCUT2D eigenvalue weighted by molar-refractivity contribution is 8.02. The van der Waals surface area contributed by atoms with Crippen molar-refractivity contribution < 1.29 is 24.3 Å². The molecule has 2 unspecified atom stereocenters. The maximum atomic E-state index is 13.0. The van der Waals surface area contributed by atoms with Crippen molar-refractivity contribution in [1.29, 1.82) is 0 Å². The Hall–Kier alpha value is -3.43. The number of β-lactam (4-membered cyclic amide) rings is 1. The number of rotatable bonds is 11. The highest BCUT2D eigenvalue weighted by Gasteiger charge is 2.57. The van der Waals surface area contributed by atoms with Gasteiger partial charge < -0.3 is 25.9 Å². The second-order valence-corrected chi connectivity index (χ2v) is 11.3. The summed E-state index contributed by atoms with van der Waals surface area (Å²) in [6, 6.07) is 2.99. The van der Waals surface area contributed by atoms with E-state index < -0.39 is 28.7 Å². The molecule has 0 aromatic carbocycles. The van der Waals surface area contributed by atoms with E-state index >= 15 is 0 Å². The number of oxime groups is 1. The Bertz CT molecular complexity index is 1280. The quantitative estimate of drug-likeness (QED) is 0.117. The number of fused-ring (bicyclic) bond motifs is 1. The molecule has 0 spiro atoms. The van der Waals surface area contributed by atoms with Gasteiger partial charge >= 0.3 is 5.97 Å². The fourth-order valence-electron chi connectivity index (χ4n) is 3.70. The van der Waals surface area contributed by atoms with Crippen LogP contribution in [-0.4, -0.2) is 83.9 Å². The highest BCUT2D eigenvalue weighted by atomic mass is 32.2. The van der Waals surface area contributed by atoms with Crippen molar-refractivity contribution in [3.63, 3.8) is 0 Å². The van der Waals surface area contributed by atoms with Gasteiger partial charge in [-0.15, -0.1) is 23.5 Å². The van der Waals surface area contributed by atoms with Crippen molar-refractivity contribution in [2.24, 2.45) is 10.6 Å². The number of aromatic nitrogens is 3. The lowest BCUT2D eigenvalue weighted by atomic mass is 9.89. The summed E-state index contributed by atoms with van der Waals surface area (Å²) >= 11 is 3.58. The average molecular weight is 576 g/mol. The minimum absolute atomic E-state index is 0.0228. The van der Waals surface area contributed by atoms with Crippen LogP contribution in [0.15, 0.2) is 41.5 Å². The second kappa shape index (κ2) is 12.0. The summed E-state index contributed by atoms with van der Waals surface area (Å²) in [6.45, 7) is 5.53. The summed E-state index contributed by atoms with van der Waals surface area (Å²) in [5, 5.41) is 18.1. The Morgan fingerprint density at radius 2 is 2.29 bits per heavy atom. The first-order valence-corrected chi connectivity index (χ1v) is 14.2. The number of nitrogens with two attached hydrogens (primary N) is 1. The smallest absolute Gasteiger partial charge is 0.313 e. The van der Waals surface area contributed by atoms with Crippen LogP contribution in [0.5, 0.6) is 0 Å². The maximum absolute atomic E-state index is 13.0. The zero-order valence-corrected chi connectivity index (χ0v) is 22.7. The normalized spacial score (nSPS) is 23.0. The summed E-state index contributed by atoms with van der Waals surface area (Å²) in [7, 11) is 0. The van der Waals surface area contributed by atoms with Gasteiger partial charge in [0.15, 0.2) is 5.13 Å². The summed E-state index contributed by atoms with van der Waals surface area (Å²) in [6.07, 6.45) is 5.07. The van der Waals surface area contributed by atoms with Crippen molar-refractivity contribution in [2.75, 3.05) is 30.4 Å². The number of nitrogens with one attached hydrogen (secondary N) is 1. The Labute approximate surface area is 231 Å². The van der Waals surface area contributed by atoms with E-state index in [9.17, 15) is 19.5 Å². The van der Waals surface area contributed by atoms with E-state index in [-0.39, 0.29) is 47.2 Å². The monoisotopic (exact) mass is 575 g/mol. The molecular weight excluding hydrogens is 550 g/mol. The molecule has 4 heterocycles. The van der Waals surface area contributed by atoms with Gasteiger partial charge in [-0.3, -0.25) is 19.4 Å². The minimum atomic E-state index is -1.13. The van der Waals surface area contributed by atoms with Crippen molar-refractivity contribution in [3.8, 4) is 0 Å². The number of nitrogen functional groups attached to an aromatic ring is 1. The molecule has 0 saturated carbocycles. The third-order valence-electron chi connectivity index (χ3n) is 5.75. The lowest BCUT2D eigenvalue weighted by Gasteiger charge is -2.53. The number of aliphatic carboxylic acids is 1. The van der Waals surface area contributed by atoms with E-state index in [1.165, 1.54) is 34.5 Å². The van der Waals surface area contributed by atoms with Gasteiger partial charge in [0.2, 0.25) is 17.4 Å². The van der Waals surface area contributed by atoms with Crippen LogP contribution in [0.2, 0.25) is 0 Å². The molecule has 15 heteroatoms. The van der Waals surface area contributed by atoms with Crippen LogP contribution in [0.4, 0.5) is 5.13 Å². The molecule has 2 saturated heterocycles. The first-order valence-electron chi connectivity index (χ1n) is 11.3. The van der Waals surface area contributed by atoms with Crippen molar-refractivity contribution in [1.82, 2.24) is 24.6 Å². The minimum Gasteiger partial charge on any atom is -0.481 e. The third kappa shape index (κ3) is 6.00. The van der Waals surface area contributed by atoms with Gasteiger partial charge in [-0.25, -0.2) is 0 Å². The number of carbonyl (C=O) groups is 3. The molecule has 3 atom stereocenters. The number of carbonyl (C=O) groups excluding carboxylic acids is 2. The Balaban J connectivity index is 1.38. The Kier molecular flexibility index (Phi) is 8.69. The SMILES string of the molecule is C=CCON=C(C(=O)NC1C(=O)N2CC(CSC=Cc3ccc(C)nc3)(C(=O)O)CS[C@H]12)c1nsc(N)n1. The number of carboxylic acids is 1. The Morgan fingerprint density at radius 3 is 2.95 bits per heavy atom. The molecule has 0 bridgehead atoms. The zero-order chi connectivity index (χ0) is 27.3. The van der Waals surface area contributed by atoms with E-state index in [2.05, 4.69) is 31.4 Å². The molecule has 200 valence electrons. The van der Waals surface area contributed by atoms with Crippen LogP contribution in [0.25, 0.3) is 6.08 Å². The van der Waals surface area contributed by atoms with Gasteiger partial charge in [-0.1, -0.05) is 23.9 Å². The largest absolute Gasteiger partial charge is 0.481 e. The maximum Gasteiger partial charge on any atom is 0.313 e. The summed E-state index contributed by atoms with van der Waals surface area (Å²) in [5.41, 5.74) is 6.10. The highest BCUT2D eigenvalue weighted by Crippen LogP contribution is 2.43. The summed E-state index contributed by atoms with van der Waals surface area (Å²) in [5.74, 6) is -1.50. The molecule has 38 heavy (non-hydrogen) atoms. The van der Waals surface area contributed by atoms with Crippen LogP contribution in [0.3, 0.4) is 0 Å². The fourth-order valence-corrected chi connectivity index (χ4v) is 6.79. The number of pyridine rings is 1. The number of amides is 2. The third-order valence-corrected chi connectivity index (χ3v) is 8.93. The van der Waals surface area contributed by atoms with Gasteiger partial charge in [-0.2, -0.15) is 9.36 Å². The molecule has 2 fully saturated rings. The average Bonchev–Trinajstić information content (AvgIpc) is 3.34. The predicted molar refractivity (Wildman–Crippen MR) is 147 cm³/mol. The number of anilines is 1. The number of aryl methyl sites for hydroxylation is 1. The lowest BCUT2D eigenvalue weighted by molar-refractivity contribution is -0.157. The summed E-state index contributed by atoms with van der Waals surface area (Å²) < 4.78 is 4.00. The predicted octanol–water partition coefficient (Wildman–Crippen LogP) is 1.61. The van der Waals surface area contributed by atoms with E-state index in [1.807, 2.05) is 30.5 Å².